The van der Waals surface area contributed by atoms with Crippen molar-refractivity contribution < 1.29 is 9.47 Å². The lowest BCUT2D eigenvalue weighted by Gasteiger charge is -2.32. The van der Waals surface area contributed by atoms with Crippen molar-refractivity contribution in [2.75, 3.05) is 45.9 Å². The molecular weight excluding hydrogens is 252 g/mol. The third-order valence-electron chi connectivity index (χ3n) is 4.68. The zero-order valence-corrected chi connectivity index (χ0v) is 13.1. The Hall–Kier alpha value is -0.420. The van der Waals surface area contributed by atoms with Crippen LogP contribution in [0.25, 0.3) is 0 Å². The standard InChI is InChI=1S/C16H30N2O2/c1-4-12-20-16-14-7-8-15(16)19-13-11-18(14)10-9-17(5-2)6-3/h4,14-16H,1,5-13H2,2-3H3. The normalized spacial score (nSPS) is 30.6. The first-order valence-corrected chi connectivity index (χ1v) is 8.10. The summed E-state index contributed by atoms with van der Waals surface area (Å²) in [7, 11) is 0. The summed E-state index contributed by atoms with van der Waals surface area (Å²) < 4.78 is 12.0. The number of rotatable bonds is 8. The molecule has 0 spiro atoms. The van der Waals surface area contributed by atoms with Crippen LogP contribution in [0.3, 0.4) is 0 Å². The molecule has 1 saturated carbocycles. The van der Waals surface area contributed by atoms with Crippen LogP contribution in [0, 0.1) is 0 Å². The second-order valence-electron chi connectivity index (χ2n) is 5.70. The molecule has 20 heavy (non-hydrogen) atoms. The van der Waals surface area contributed by atoms with E-state index in [9.17, 15) is 0 Å². The summed E-state index contributed by atoms with van der Waals surface area (Å²) >= 11 is 0. The summed E-state index contributed by atoms with van der Waals surface area (Å²) in [5.41, 5.74) is 0. The van der Waals surface area contributed by atoms with Gasteiger partial charge in [-0.2, -0.15) is 0 Å². The van der Waals surface area contributed by atoms with Crippen LogP contribution in [0.2, 0.25) is 0 Å². The fourth-order valence-corrected chi connectivity index (χ4v) is 3.45. The molecule has 0 aromatic heterocycles. The zero-order chi connectivity index (χ0) is 14.4. The first-order valence-electron chi connectivity index (χ1n) is 8.10. The Kier molecular flexibility index (Phi) is 6.49. The van der Waals surface area contributed by atoms with Gasteiger partial charge in [0, 0.05) is 25.7 Å². The fourth-order valence-electron chi connectivity index (χ4n) is 3.45. The van der Waals surface area contributed by atoms with Crippen LogP contribution >= 0.6 is 0 Å². The molecule has 2 aliphatic rings. The number of likely N-dealkylation sites (N-methyl/N-ethyl adjacent to an activating group) is 1. The van der Waals surface area contributed by atoms with Gasteiger partial charge >= 0.3 is 0 Å². The maximum absolute atomic E-state index is 5.99. The van der Waals surface area contributed by atoms with Gasteiger partial charge < -0.3 is 14.4 Å². The number of hydrogen-bond acceptors (Lipinski definition) is 4. The number of hydrogen-bond donors (Lipinski definition) is 0. The van der Waals surface area contributed by atoms with Gasteiger partial charge in [-0.25, -0.2) is 0 Å². The van der Waals surface area contributed by atoms with E-state index in [2.05, 4.69) is 30.2 Å². The molecule has 4 heteroatoms. The zero-order valence-electron chi connectivity index (χ0n) is 13.1. The van der Waals surface area contributed by atoms with Crippen LogP contribution in [-0.2, 0) is 9.47 Å². The monoisotopic (exact) mass is 282 g/mol. The third kappa shape index (κ3) is 3.82. The molecule has 1 aliphatic carbocycles. The lowest BCUT2D eigenvalue weighted by Crippen LogP contribution is -2.46. The van der Waals surface area contributed by atoms with E-state index in [-0.39, 0.29) is 6.10 Å². The minimum absolute atomic E-state index is 0.229. The molecule has 4 nitrogen and oxygen atoms in total. The van der Waals surface area contributed by atoms with Gasteiger partial charge in [-0.3, -0.25) is 4.90 Å². The van der Waals surface area contributed by atoms with Crippen LogP contribution < -0.4 is 0 Å². The van der Waals surface area contributed by atoms with Gasteiger partial charge in [0.1, 0.15) is 0 Å². The average Bonchev–Trinajstić information content (AvgIpc) is 2.76. The van der Waals surface area contributed by atoms with Crippen molar-refractivity contribution in [3.63, 3.8) is 0 Å². The SMILES string of the molecule is C=CCOC1C2CCC1N(CCN(CC)CC)CCO2. The van der Waals surface area contributed by atoms with Crippen molar-refractivity contribution in [3.05, 3.63) is 12.7 Å². The number of fused-ring (bicyclic) bond motifs is 2. The molecule has 0 aromatic rings. The largest absolute Gasteiger partial charge is 0.374 e. The molecule has 0 aromatic carbocycles. The average molecular weight is 282 g/mol. The van der Waals surface area contributed by atoms with Crippen molar-refractivity contribution in [2.24, 2.45) is 0 Å². The highest BCUT2D eigenvalue weighted by molar-refractivity contribution is 4.96. The third-order valence-corrected chi connectivity index (χ3v) is 4.68. The van der Waals surface area contributed by atoms with Crippen molar-refractivity contribution in [2.45, 2.75) is 44.9 Å². The van der Waals surface area contributed by atoms with Gasteiger partial charge in [-0.05, 0) is 25.9 Å². The first kappa shape index (κ1) is 16.0. The van der Waals surface area contributed by atoms with E-state index in [1.165, 1.54) is 6.42 Å². The lowest BCUT2D eigenvalue weighted by molar-refractivity contribution is -0.0446. The van der Waals surface area contributed by atoms with E-state index < -0.39 is 0 Å². The van der Waals surface area contributed by atoms with Gasteiger partial charge in [0.2, 0.25) is 0 Å². The fraction of sp³-hybridized carbons (Fsp3) is 0.875. The van der Waals surface area contributed by atoms with E-state index in [1.54, 1.807) is 0 Å². The molecule has 116 valence electrons. The van der Waals surface area contributed by atoms with Crippen LogP contribution in [0.4, 0.5) is 0 Å². The van der Waals surface area contributed by atoms with E-state index in [0.717, 1.165) is 45.8 Å². The Morgan fingerprint density at radius 1 is 1.35 bits per heavy atom. The van der Waals surface area contributed by atoms with Crippen LogP contribution in [-0.4, -0.2) is 74.0 Å². The molecule has 1 heterocycles. The molecule has 3 atom stereocenters. The van der Waals surface area contributed by atoms with Crippen molar-refractivity contribution in [1.29, 1.82) is 0 Å². The molecule has 2 rings (SSSR count). The van der Waals surface area contributed by atoms with Gasteiger partial charge in [-0.15, -0.1) is 6.58 Å². The highest BCUT2D eigenvalue weighted by Crippen LogP contribution is 2.31. The summed E-state index contributed by atoms with van der Waals surface area (Å²) in [5.74, 6) is 0. The van der Waals surface area contributed by atoms with Crippen LogP contribution in [0.1, 0.15) is 26.7 Å². The predicted octanol–water partition coefficient (Wildman–Crippen LogP) is 1.76. The Morgan fingerprint density at radius 3 is 2.85 bits per heavy atom. The highest BCUT2D eigenvalue weighted by Gasteiger charge is 2.42. The Morgan fingerprint density at radius 2 is 2.15 bits per heavy atom. The Bertz CT molecular complexity index is 294. The summed E-state index contributed by atoms with van der Waals surface area (Å²) in [6.45, 7) is 15.2. The summed E-state index contributed by atoms with van der Waals surface area (Å²) in [6, 6.07) is 0.526. The summed E-state index contributed by atoms with van der Waals surface area (Å²) in [4.78, 5) is 5.07. The van der Waals surface area contributed by atoms with Crippen molar-refractivity contribution >= 4 is 0 Å². The van der Waals surface area contributed by atoms with E-state index in [1.807, 2.05) is 6.08 Å². The van der Waals surface area contributed by atoms with Gasteiger partial charge in [-0.1, -0.05) is 19.9 Å². The maximum atomic E-state index is 5.99. The van der Waals surface area contributed by atoms with Crippen LogP contribution in [0.15, 0.2) is 12.7 Å². The van der Waals surface area contributed by atoms with Crippen molar-refractivity contribution in [1.82, 2.24) is 9.80 Å². The Labute approximate surface area is 123 Å². The Balaban J connectivity index is 1.92. The molecule has 0 N–H and O–H groups in total. The minimum Gasteiger partial charge on any atom is -0.374 e. The lowest BCUT2D eigenvalue weighted by atomic mass is 10.1. The maximum Gasteiger partial charge on any atom is 0.0995 e. The van der Waals surface area contributed by atoms with Crippen molar-refractivity contribution in [3.8, 4) is 0 Å². The molecule has 0 radical (unpaired) electrons. The van der Waals surface area contributed by atoms with Gasteiger partial charge in [0.15, 0.2) is 0 Å². The molecular formula is C16H30N2O2. The van der Waals surface area contributed by atoms with E-state index in [0.29, 0.717) is 18.8 Å². The van der Waals surface area contributed by atoms with Gasteiger partial charge in [0.25, 0.3) is 0 Å². The van der Waals surface area contributed by atoms with E-state index in [4.69, 9.17) is 9.47 Å². The minimum atomic E-state index is 0.229. The quantitative estimate of drug-likeness (QED) is 0.633. The first-order chi connectivity index (χ1) is 9.80. The summed E-state index contributed by atoms with van der Waals surface area (Å²) in [5, 5.41) is 0. The smallest absolute Gasteiger partial charge is 0.0995 e. The molecule has 1 aliphatic heterocycles. The number of nitrogens with zero attached hydrogens (tertiary/aromatic N) is 2. The highest BCUT2D eigenvalue weighted by atomic mass is 16.5. The predicted molar refractivity (Wildman–Crippen MR) is 82.1 cm³/mol. The molecule has 3 unspecified atom stereocenters. The topological polar surface area (TPSA) is 24.9 Å². The van der Waals surface area contributed by atoms with E-state index >= 15 is 0 Å². The summed E-state index contributed by atoms with van der Waals surface area (Å²) in [6.07, 6.45) is 4.69. The molecule has 2 bridgehead atoms. The molecule has 1 saturated heterocycles. The molecule has 2 fully saturated rings. The second kappa shape index (κ2) is 8.13. The number of ether oxygens (including phenoxy) is 2. The van der Waals surface area contributed by atoms with Gasteiger partial charge in [0.05, 0.1) is 25.4 Å². The molecule has 0 amide bonds. The van der Waals surface area contributed by atoms with Crippen LogP contribution in [0.5, 0.6) is 0 Å². The second-order valence-corrected chi connectivity index (χ2v) is 5.70.